The van der Waals surface area contributed by atoms with Gasteiger partial charge in [0.1, 0.15) is 5.60 Å². The first kappa shape index (κ1) is 18.3. The van der Waals surface area contributed by atoms with E-state index in [4.69, 9.17) is 9.47 Å². The molecule has 146 valence electrons. The number of carbonyl (C=O) groups excluding carboxylic acids is 2. The molecule has 6 nitrogen and oxygen atoms in total. The lowest BCUT2D eigenvalue weighted by atomic mass is 10.0. The van der Waals surface area contributed by atoms with Crippen LogP contribution in [0, 0.1) is 0 Å². The minimum atomic E-state index is -0.262. The van der Waals surface area contributed by atoms with Crippen molar-refractivity contribution in [3.8, 4) is 11.5 Å². The van der Waals surface area contributed by atoms with Gasteiger partial charge in [0.25, 0.3) is 5.91 Å². The lowest BCUT2D eigenvalue weighted by molar-refractivity contribution is -0.118. The second kappa shape index (κ2) is 6.86. The third-order valence-electron chi connectivity index (χ3n) is 5.05. The third kappa shape index (κ3) is 3.54. The summed E-state index contributed by atoms with van der Waals surface area (Å²) in [6.45, 7) is 6.21. The van der Waals surface area contributed by atoms with Crippen LogP contribution in [-0.4, -0.2) is 30.6 Å². The van der Waals surface area contributed by atoms with Crippen molar-refractivity contribution in [2.45, 2.75) is 39.2 Å². The summed E-state index contributed by atoms with van der Waals surface area (Å²) in [6.07, 6.45) is 1.61. The van der Waals surface area contributed by atoms with Crippen molar-refractivity contribution in [1.82, 2.24) is 0 Å². The minimum absolute atomic E-state index is 0.0322. The van der Waals surface area contributed by atoms with E-state index in [-0.39, 0.29) is 24.0 Å². The quantitative estimate of drug-likeness (QED) is 0.884. The van der Waals surface area contributed by atoms with Gasteiger partial charge in [0.05, 0.1) is 0 Å². The molecule has 0 aromatic heterocycles. The standard InChI is InChI=1S/C22H24N2O4/c1-14(25)24-10-9-15-11-17(7-8-18(15)24)23-20(26)13-27-19-6-4-5-16-12-22(2,3)28-21(16)19/h4-8,11H,9-10,12-13H2,1-3H3,(H,23,26). The average molecular weight is 380 g/mol. The van der Waals surface area contributed by atoms with Gasteiger partial charge < -0.3 is 19.7 Å². The van der Waals surface area contributed by atoms with Gasteiger partial charge >= 0.3 is 0 Å². The zero-order valence-corrected chi connectivity index (χ0v) is 16.4. The summed E-state index contributed by atoms with van der Waals surface area (Å²) >= 11 is 0. The predicted octanol–water partition coefficient (Wildman–Crippen LogP) is 3.33. The predicted molar refractivity (Wildman–Crippen MR) is 107 cm³/mol. The normalized spacial score (nSPS) is 16.2. The lowest BCUT2D eigenvalue weighted by Gasteiger charge is -2.18. The van der Waals surface area contributed by atoms with Crippen molar-refractivity contribution in [3.63, 3.8) is 0 Å². The molecule has 0 unspecified atom stereocenters. The molecule has 0 saturated carbocycles. The summed E-state index contributed by atoms with van der Waals surface area (Å²) in [5.41, 5.74) is 3.51. The Morgan fingerprint density at radius 2 is 2.04 bits per heavy atom. The molecule has 28 heavy (non-hydrogen) atoms. The Morgan fingerprint density at radius 3 is 2.82 bits per heavy atom. The number of carbonyl (C=O) groups is 2. The highest BCUT2D eigenvalue weighted by atomic mass is 16.5. The van der Waals surface area contributed by atoms with Crippen molar-refractivity contribution in [3.05, 3.63) is 47.5 Å². The van der Waals surface area contributed by atoms with E-state index >= 15 is 0 Å². The van der Waals surface area contributed by atoms with E-state index in [1.807, 2.05) is 50.2 Å². The molecule has 0 saturated heterocycles. The Labute approximate surface area is 164 Å². The highest BCUT2D eigenvalue weighted by Gasteiger charge is 2.32. The third-order valence-corrected chi connectivity index (χ3v) is 5.05. The van der Waals surface area contributed by atoms with Crippen LogP contribution in [0.3, 0.4) is 0 Å². The van der Waals surface area contributed by atoms with Crippen molar-refractivity contribution in [1.29, 1.82) is 0 Å². The van der Waals surface area contributed by atoms with Gasteiger partial charge in [-0.25, -0.2) is 0 Å². The van der Waals surface area contributed by atoms with Crippen molar-refractivity contribution in [2.24, 2.45) is 0 Å². The second-order valence-electron chi connectivity index (χ2n) is 7.88. The summed E-state index contributed by atoms with van der Waals surface area (Å²) in [7, 11) is 0. The molecule has 2 aromatic rings. The average Bonchev–Trinajstić information content (AvgIpc) is 3.18. The van der Waals surface area contributed by atoms with Crippen LogP contribution in [0.4, 0.5) is 11.4 Å². The number of para-hydroxylation sites is 1. The van der Waals surface area contributed by atoms with E-state index in [0.717, 1.165) is 35.4 Å². The molecule has 0 bridgehead atoms. The first-order chi connectivity index (χ1) is 13.3. The zero-order chi connectivity index (χ0) is 19.9. The van der Waals surface area contributed by atoms with Crippen molar-refractivity contribution < 1.29 is 19.1 Å². The Balaban J connectivity index is 1.39. The van der Waals surface area contributed by atoms with Gasteiger partial charge in [0.2, 0.25) is 5.91 Å². The van der Waals surface area contributed by atoms with E-state index in [1.54, 1.807) is 11.8 Å². The van der Waals surface area contributed by atoms with E-state index < -0.39 is 0 Å². The molecule has 2 aromatic carbocycles. The fraction of sp³-hybridized carbons (Fsp3) is 0.364. The first-order valence-electron chi connectivity index (χ1n) is 9.47. The molecule has 2 aliphatic heterocycles. The Kier molecular flexibility index (Phi) is 4.49. The second-order valence-corrected chi connectivity index (χ2v) is 7.88. The molecular weight excluding hydrogens is 356 g/mol. The summed E-state index contributed by atoms with van der Waals surface area (Å²) < 4.78 is 11.7. The Morgan fingerprint density at radius 1 is 1.21 bits per heavy atom. The zero-order valence-electron chi connectivity index (χ0n) is 16.4. The van der Waals surface area contributed by atoms with Gasteiger partial charge in [-0.15, -0.1) is 0 Å². The molecule has 1 N–H and O–H groups in total. The number of hydrogen-bond donors (Lipinski definition) is 1. The van der Waals surface area contributed by atoms with Crippen LogP contribution in [0.2, 0.25) is 0 Å². The summed E-state index contributed by atoms with van der Waals surface area (Å²) in [4.78, 5) is 25.7. The molecule has 0 atom stereocenters. The number of fused-ring (bicyclic) bond motifs is 2. The fourth-order valence-corrected chi connectivity index (χ4v) is 3.85. The number of benzene rings is 2. The SMILES string of the molecule is CC(=O)N1CCc2cc(NC(=O)COc3cccc4c3OC(C)(C)C4)ccc21. The van der Waals surface area contributed by atoms with E-state index in [1.165, 1.54) is 0 Å². The number of hydrogen-bond acceptors (Lipinski definition) is 4. The van der Waals surface area contributed by atoms with E-state index in [0.29, 0.717) is 18.0 Å². The molecule has 0 radical (unpaired) electrons. The van der Waals surface area contributed by atoms with Crippen LogP contribution in [0.25, 0.3) is 0 Å². The maximum atomic E-state index is 12.3. The molecule has 2 heterocycles. The monoisotopic (exact) mass is 380 g/mol. The fourth-order valence-electron chi connectivity index (χ4n) is 3.85. The molecular formula is C22H24N2O4. The van der Waals surface area contributed by atoms with Crippen LogP contribution >= 0.6 is 0 Å². The van der Waals surface area contributed by atoms with Crippen LogP contribution in [0.15, 0.2) is 36.4 Å². The molecule has 0 spiro atoms. The highest BCUT2D eigenvalue weighted by Crippen LogP contribution is 2.41. The van der Waals surface area contributed by atoms with Crippen LogP contribution in [-0.2, 0) is 22.4 Å². The Bertz CT molecular complexity index is 952. The topological polar surface area (TPSA) is 67.9 Å². The van der Waals surface area contributed by atoms with Gasteiger partial charge in [0.15, 0.2) is 18.1 Å². The molecule has 2 amide bonds. The van der Waals surface area contributed by atoms with E-state index in [2.05, 4.69) is 5.32 Å². The summed E-state index contributed by atoms with van der Waals surface area (Å²) in [5.74, 6) is 1.10. The van der Waals surface area contributed by atoms with E-state index in [9.17, 15) is 9.59 Å². The molecule has 4 rings (SSSR count). The Hall–Kier alpha value is -3.02. The van der Waals surface area contributed by atoms with Gasteiger partial charge in [-0.3, -0.25) is 9.59 Å². The summed E-state index contributed by atoms with van der Waals surface area (Å²) in [6, 6.07) is 11.4. The number of nitrogens with one attached hydrogen (secondary N) is 1. The smallest absolute Gasteiger partial charge is 0.262 e. The number of amides is 2. The van der Waals surface area contributed by atoms with Gasteiger partial charge in [-0.05, 0) is 50.1 Å². The molecule has 0 aliphatic carbocycles. The first-order valence-corrected chi connectivity index (χ1v) is 9.47. The van der Waals surface area contributed by atoms with Crippen LogP contribution < -0.4 is 19.7 Å². The number of nitrogens with zero attached hydrogens (tertiary/aromatic N) is 1. The molecule has 2 aliphatic rings. The van der Waals surface area contributed by atoms with Crippen molar-refractivity contribution in [2.75, 3.05) is 23.4 Å². The van der Waals surface area contributed by atoms with Gasteiger partial charge in [0, 0.05) is 36.8 Å². The molecule has 6 heteroatoms. The number of rotatable bonds is 4. The van der Waals surface area contributed by atoms with Gasteiger partial charge in [-0.1, -0.05) is 12.1 Å². The van der Waals surface area contributed by atoms with Crippen molar-refractivity contribution >= 4 is 23.2 Å². The lowest BCUT2D eigenvalue weighted by Crippen LogP contribution is -2.25. The number of anilines is 2. The maximum Gasteiger partial charge on any atom is 0.262 e. The largest absolute Gasteiger partial charge is 0.483 e. The highest BCUT2D eigenvalue weighted by molar-refractivity contribution is 5.96. The maximum absolute atomic E-state index is 12.3. The molecule has 0 fully saturated rings. The van der Waals surface area contributed by atoms with Gasteiger partial charge in [-0.2, -0.15) is 0 Å². The number of ether oxygens (including phenoxy) is 2. The minimum Gasteiger partial charge on any atom is -0.483 e. The van der Waals surface area contributed by atoms with Crippen LogP contribution in [0.1, 0.15) is 31.9 Å². The summed E-state index contributed by atoms with van der Waals surface area (Å²) in [5, 5.41) is 2.86. The van der Waals surface area contributed by atoms with Crippen LogP contribution in [0.5, 0.6) is 11.5 Å².